The number of fused-ring (bicyclic) bond motifs is 1. The summed E-state index contributed by atoms with van der Waals surface area (Å²) < 4.78 is 4.59. The number of nitrogens with zero attached hydrogens (tertiary/aromatic N) is 3. The number of amides is 1. The van der Waals surface area contributed by atoms with E-state index < -0.39 is 4.92 Å². The lowest BCUT2D eigenvalue weighted by molar-refractivity contribution is -0.383. The van der Waals surface area contributed by atoms with Crippen LogP contribution in [0, 0.1) is 10.1 Å². The van der Waals surface area contributed by atoms with Crippen LogP contribution in [-0.2, 0) is 4.79 Å². The zero-order valence-electron chi connectivity index (χ0n) is 10.3. The van der Waals surface area contributed by atoms with E-state index in [1.807, 2.05) is 0 Å². The van der Waals surface area contributed by atoms with E-state index in [2.05, 4.69) is 25.6 Å². The largest absolute Gasteiger partial charge is 0.379 e. The van der Waals surface area contributed by atoms with E-state index in [1.54, 1.807) is 6.07 Å². The van der Waals surface area contributed by atoms with Gasteiger partial charge in [0.05, 0.1) is 10.6 Å². The Balaban J connectivity index is 1.89. The molecule has 1 aromatic carbocycles. The van der Waals surface area contributed by atoms with Gasteiger partial charge in [-0.2, -0.15) is 0 Å². The van der Waals surface area contributed by atoms with Gasteiger partial charge in [-0.1, -0.05) is 0 Å². The van der Waals surface area contributed by atoms with Crippen LogP contribution in [0.15, 0.2) is 16.8 Å². The van der Waals surface area contributed by atoms with Gasteiger partial charge in [-0.15, -0.1) is 0 Å². The quantitative estimate of drug-likeness (QED) is 0.628. The van der Waals surface area contributed by atoms with Gasteiger partial charge >= 0.3 is 5.69 Å². The molecule has 0 saturated carbocycles. The lowest BCUT2D eigenvalue weighted by Crippen LogP contribution is -2.41. The molecule has 2 heterocycles. The fourth-order valence-corrected chi connectivity index (χ4v) is 2.19. The molecule has 1 saturated heterocycles. The van der Waals surface area contributed by atoms with E-state index >= 15 is 0 Å². The minimum Gasteiger partial charge on any atom is -0.379 e. The van der Waals surface area contributed by atoms with Gasteiger partial charge in [-0.05, 0) is 22.8 Å². The number of carbonyl (C=O) groups is 1. The molecule has 1 fully saturated rings. The first-order valence-corrected chi connectivity index (χ1v) is 6.08. The van der Waals surface area contributed by atoms with Crippen LogP contribution in [-0.4, -0.2) is 33.7 Å². The number of piperidine rings is 1. The van der Waals surface area contributed by atoms with E-state index in [9.17, 15) is 14.9 Å². The normalized spacial score (nSPS) is 18.8. The number of nitro benzene ring substituents is 1. The van der Waals surface area contributed by atoms with Crippen LogP contribution >= 0.6 is 0 Å². The fraction of sp³-hybridized carbons (Fsp3) is 0.364. The monoisotopic (exact) mass is 277 g/mol. The molecule has 1 aliphatic heterocycles. The number of nitro groups is 1. The summed E-state index contributed by atoms with van der Waals surface area (Å²) in [6.45, 7) is 0.503. The number of anilines is 1. The predicted octanol–water partition coefficient (Wildman–Crippen LogP) is 0.821. The molecule has 104 valence electrons. The molecule has 9 heteroatoms. The maximum atomic E-state index is 11.1. The SMILES string of the molecule is O=C1CCC(Nc2ccc([N+](=O)[O-])c3nonc23)CN1. The molecular weight excluding hydrogens is 266 g/mol. The third-order valence-electron chi connectivity index (χ3n) is 3.22. The highest BCUT2D eigenvalue weighted by atomic mass is 16.6. The first-order valence-electron chi connectivity index (χ1n) is 6.08. The second-order valence-electron chi connectivity index (χ2n) is 4.53. The molecule has 1 unspecified atom stereocenters. The van der Waals surface area contributed by atoms with Crippen molar-refractivity contribution in [1.82, 2.24) is 15.6 Å². The lowest BCUT2D eigenvalue weighted by Gasteiger charge is -2.24. The van der Waals surface area contributed by atoms with E-state index in [-0.39, 0.29) is 23.2 Å². The van der Waals surface area contributed by atoms with E-state index in [0.29, 0.717) is 30.6 Å². The molecule has 2 N–H and O–H groups in total. The van der Waals surface area contributed by atoms with Crippen molar-refractivity contribution in [2.75, 3.05) is 11.9 Å². The Morgan fingerprint density at radius 1 is 1.40 bits per heavy atom. The van der Waals surface area contributed by atoms with E-state index in [4.69, 9.17) is 0 Å². The first-order chi connectivity index (χ1) is 9.65. The second kappa shape index (κ2) is 4.76. The standard InChI is InChI=1S/C11H11N5O4/c17-9-4-1-6(5-12-9)13-7-2-3-8(16(18)19)11-10(7)14-20-15-11/h2-3,6,13H,1,4-5H2,(H,12,17). The number of nitrogens with one attached hydrogen (secondary N) is 2. The van der Waals surface area contributed by atoms with Crippen molar-refractivity contribution >= 4 is 28.3 Å². The zero-order chi connectivity index (χ0) is 14.1. The van der Waals surface area contributed by atoms with Crippen LogP contribution < -0.4 is 10.6 Å². The van der Waals surface area contributed by atoms with Crippen molar-refractivity contribution in [3.63, 3.8) is 0 Å². The minimum atomic E-state index is -0.531. The summed E-state index contributed by atoms with van der Waals surface area (Å²) in [5, 5.41) is 24.1. The Morgan fingerprint density at radius 2 is 2.20 bits per heavy atom. The van der Waals surface area contributed by atoms with Crippen LogP contribution in [0.1, 0.15) is 12.8 Å². The number of hydrogen-bond donors (Lipinski definition) is 2. The molecule has 1 atom stereocenters. The van der Waals surface area contributed by atoms with Crippen molar-refractivity contribution in [3.8, 4) is 0 Å². The molecule has 1 amide bonds. The fourth-order valence-electron chi connectivity index (χ4n) is 2.19. The summed E-state index contributed by atoms with van der Waals surface area (Å²) in [4.78, 5) is 21.4. The van der Waals surface area contributed by atoms with Crippen molar-refractivity contribution in [1.29, 1.82) is 0 Å². The highest BCUT2D eigenvalue weighted by Crippen LogP contribution is 2.29. The summed E-state index contributed by atoms with van der Waals surface area (Å²) in [7, 11) is 0. The van der Waals surface area contributed by atoms with Crippen molar-refractivity contribution in [2.24, 2.45) is 0 Å². The summed E-state index contributed by atoms with van der Waals surface area (Å²) >= 11 is 0. The molecule has 20 heavy (non-hydrogen) atoms. The lowest BCUT2D eigenvalue weighted by atomic mass is 10.1. The number of non-ortho nitro benzene ring substituents is 1. The van der Waals surface area contributed by atoms with Crippen LogP contribution in [0.25, 0.3) is 11.0 Å². The molecule has 0 spiro atoms. The third-order valence-corrected chi connectivity index (χ3v) is 3.22. The highest BCUT2D eigenvalue weighted by Gasteiger charge is 2.22. The smallest absolute Gasteiger partial charge is 0.300 e. The van der Waals surface area contributed by atoms with Crippen LogP contribution in [0.4, 0.5) is 11.4 Å². The molecule has 0 bridgehead atoms. The topological polar surface area (TPSA) is 123 Å². The van der Waals surface area contributed by atoms with Gasteiger partial charge in [-0.25, -0.2) is 4.63 Å². The Bertz CT molecular complexity index is 673. The Kier molecular flexibility index (Phi) is 2.93. The first kappa shape index (κ1) is 12.3. The molecule has 1 aromatic heterocycles. The summed E-state index contributed by atoms with van der Waals surface area (Å²) in [6.07, 6.45) is 1.14. The molecule has 3 rings (SSSR count). The van der Waals surface area contributed by atoms with E-state index in [1.165, 1.54) is 6.07 Å². The van der Waals surface area contributed by atoms with Gasteiger partial charge in [0, 0.05) is 25.1 Å². The Labute approximate surface area is 112 Å². The van der Waals surface area contributed by atoms with Crippen molar-refractivity contribution < 1.29 is 14.3 Å². The van der Waals surface area contributed by atoms with Gasteiger partial charge in [-0.3, -0.25) is 14.9 Å². The number of aromatic nitrogens is 2. The van der Waals surface area contributed by atoms with Crippen LogP contribution in [0.5, 0.6) is 0 Å². The van der Waals surface area contributed by atoms with Crippen molar-refractivity contribution in [3.05, 3.63) is 22.2 Å². The molecule has 0 aliphatic carbocycles. The number of benzene rings is 1. The number of hydrogen-bond acceptors (Lipinski definition) is 7. The van der Waals surface area contributed by atoms with Gasteiger partial charge in [0.25, 0.3) is 0 Å². The summed E-state index contributed by atoms with van der Waals surface area (Å²) in [5.74, 6) is 0.0278. The van der Waals surface area contributed by atoms with Gasteiger partial charge in [0.2, 0.25) is 11.4 Å². The summed E-state index contributed by atoms with van der Waals surface area (Å²) in [5.41, 5.74) is 0.882. The van der Waals surface area contributed by atoms with Crippen molar-refractivity contribution in [2.45, 2.75) is 18.9 Å². The third kappa shape index (κ3) is 2.13. The second-order valence-corrected chi connectivity index (χ2v) is 4.53. The van der Waals surface area contributed by atoms with E-state index in [0.717, 1.165) is 0 Å². The number of carbonyl (C=O) groups excluding carboxylic acids is 1. The molecule has 0 radical (unpaired) electrons. The summed E-state index contributed by atoms with van der Waals surface area (Å²) in [6, 6.07) is 2.98. The predicted molar refractivity (Wildman–Crippen MR) is 68.1 cm³/mol. The van der Waals surface area contributed by atoms with Gasteiger partial charge < -0.3 is 10.6 Å². The minimum absolute atomic E-state index is 0.0278. The molecule has 9 nitrogen and oxygen atoms in total. The maximum absolute atomic E-state index is 11.1. The van der Waals surface area contributed by atoms with Gasteiger partial charge in [0.1, 0.15) is 0 Å². The Hall–Kier alpha value is -2.71. The highest BCUT2D eigenvalue weighted by molar-refractivity contribution is 5.93. The zero-order valence-corrected chi connectivity index (χ0v) is 10.3. The Morgan fingerprint density at radius 3 is 2.90 bits per heavy atom. The number of rotatable bonds is 3. The molecule has 1 aliphatic rings. The maximum Gasteiger partial charge on any atom is 0.300 e. The molecular formula is C11H11N5O4. The average Bonchev–Trinajstić information content (AvgIpc) is 2.91. The average molecular weight is 277 g/mol. The van der Waals surface area contributed by atoms with Crippen LogP contribution in [0.3, 0.4) is 0 Å². The van der Waals surface area contributed by atoms with Crippen LogP contribution in [0.2, 0.25) is 0 Å². The van der Waals surface area contributed by atoms with Gasteiger partial charge in [0.15, 0.2) is 5.52 Å². The molecule has 2 aromatic rings.